The minimum absolute atomic E-state index is 0.176. The molecular formula is C20H28N2O2. The number of nitrogens with zero attached hydrogens (tertiary/aromatic N) is 2. The molecule has 3 rings (SSSR count). The van der Waals surface area contributed by atoms with Gasteiger partial charge in [0, 0.05) is 30.5 Å². The van der Waals surface area contributed by atoms with Crippen molar-refractivity contribution in [2.75, 3.05) is 19.7 Å². The van der Waals surface area contributed by atoms with Crippen LogP contribution in [0.2, 0.25) is 0 Å². The standard InChI is InChI=1S/C20H28N2O2/c1-5-22-18-10-9-16(24-6-2)12-17(18)15(4)19(22)20(23)21-11-7-8-14(3)13-21/h9-10,12,14H,5-8,11,13H2,1-4H3. The number of hydrogen-bond donors (Lipinski definition) is 0. The Balaban J connectivity index is 2.06. The Bertz CT molecular complexity index is 748. The third kappa shape index (κ3) is 2.90. The van der Waals surface area contributed by atoms with E-state index in [0.29, 0.717) is 12.5 Å². The number of aromatic nitrogens is 1. The number of ether oxygens (including phenoxy) is 1. The summed E-state index contributed by atoms with van der Waals surface area (Å²) in [6, 6.07) is 6.14. The number of carbonyl (C=O) groups is 1. The molecule has 0 N–H and O–H groups in total. The first-order valence-corrected chi connectivity index (χ1v) is 9.11. The maximum Gasteiger partial charge on any atom is 0.270 e. The van der Waals surface area contributed by atoms with Crippen LogP contribution in [0.15, 0.2) is 18.2 Å². The van der Waals surface area contributed by atoms with E-state index < -0.39 is 0 Å². The number of piperidine rings is 1. The van der Waals surface area contributed by atoms with Gasteiger partial charge in [-0.1, -0.05) is 6.92 Å². The maximum absolute atomic E-state index is 13.2. The van der Waals surface area contributed by atoms with Gasteiger partial charge in [-0.05, 0) is 63.3 Å². The average molecular weight is 328 g/mol. The summed E-state index contributed by atoms with van der Waals surface area (Å²) in [6.07, 6.45) is 2.32. The lowest BCUT2D eigenvalue weighted by molar-refractivity contribution is 0.0672. The molecule has 0 aliphatic carbocycles. The number of hydrogen-bond acceptors (Lipinski definition) is 2. The van der Waals surface area contributed by atoms with E-state index in [1.54, 1.807) is 0 Å². The number of carbonyl (C=O) groups excluding carboxylic acids is 1. The van der Waals surface area contributed by atoms with Crippen LogP contribution < -0.4 is 4.74 Å². The van der Waals surface area contributed by atoms with Crippen molar-refractivity contribution in [1.82, 2.24) is 9.47 Å². The van der Waals surface area contributed by atoms with Crippen molar-refractivity contribution in [3.63, 3.8) is 0 Å². The van der Waals surface area contributed by atoms with Crippen LogP contribution >= 0.6 is 0 Å². The van der Waals surface area contributed by atoms with Gasteiger partial charge in [-0.2, -0.15) is 0 Å². The van der Waals surface area contributed by atoms with Crippen LogP contribution in [0.4, 0.5) is 0 Å². The zero-order chi connectivity index (χ0) is 17.3. The molecule has 0 saturated carbocycles. The Morgan fingerprint density at radius 2 is 2.12 bits per heavy atom. The summed E-state index contributed by atoms with van der Waals surface area (Å²) in [5.74, 6) is 1.63. The largest absolute Gasteiger partial charge is 0.494 e. The zero-order valence-electron chi connectivity index (χ0n) is 15.3. The van der Waals surface area contributed by atoms with Crippen LogP contribution in [-0.2, 0) is 6.54 Å². The van der Waals surface area contributed by atoms with Gasteiger partial charge < -0.3 is 14.2 Å². The second-order valence-corrected chi connectivity index (χ2v) is 6.83. The highest BCUT2D eigenvalue weighted by Gasteiger charge is 2.27. The summed E-state index contributed by atoms with van der Waals surface area (Å²) < 4.78 is 7.79. The summed E-state index contributed by atoms with van der Waals surface area (Å²) in [5.41, 5.74) is 3.03. The molecule has 1 fully saturated rings. The maximum atomic E-state index is 13.2. The lowest BCUT2D eigenvalue weighted by Crippen LogP contribution is -2.40. The first-order chi connectivity index (χ1) is 11.6. The van der Waals surface area contributed by atoms with Gasteiger partial charge in [0.05, 0.1) is 6.61 Å². The van der Waals surface area contributed by atoms with E-state index in [1.165, 1.54) is 6.42 Å². The smallest absolute Gasteiger partial charge is 0.270 e. The highest BCUT2D eigenvalue weighted by molar-refractivity contribution is 6.02. The molecule has 2 heterocycles. The molecule has 0 radical (unpaired) electrons. The van der Waals surface area contributed by atoms with E-state index in [0.717, 1.165) is 54.0 Å². The van der Waals surface area contributed by atoms with Crippen LogP contribution in [-0.4, -0.2) is 35.1 Å². The molecule has 1 aliphatic heterocycles. The number of likely N-dealkylation sites (tertiary alicyclic amines) is 1. The third-order valence-electron chi connectivity index (χ3n) is 5.06. The predicted octanol–water partition coefficient (Wildman–Crippen LogP) is 4.24. The number of benzene rings is 1. The minimum atomic E-state index is 0.176. The topological polar surface area (TPSA) is 34.5 Å². The molecule has 24 heavy (non-hydrogen) atoms. The van der Waals surface area contributed by atoms with Gasteiger partial charge >= 0.3 is 0 Å². The Kier molecular flexibility index (Phi) is 4.83. The van der Waals surface area contributed by atoms with E-state index in [9.17, 15) is 4.79 Å². The van der Waals surface area contributed by atoms with Crippen molar-refractivity contribution in [2.45, 2.75) is 47.1 Å². The summed E-state index contributed by atoms with van der Waals surface area (Å²) in [6.45, 7) is 11.6. The van der Waals surface area contributed by atoms with Gasteiger partial charge in [-0.3, -0.25) is 4.79 Å². The molecule has 1 atom stereocenters. The minimum Gasteiger partial charge on any atom is -0.494 e. The molecule has 4 nitrogen and oxygen atoms in total. The van der Waals surface area contributed by atoms with Gasteiger partial charge in [0.15, 0.2) is 0 Å². The number of aryl methyl sites for hydroxylation is 2. The summed E-state index contributed by atoms with van der Waals surface area (Å²) in [5, 5.41) is 1.12. The molecule has 1 aromatic heterocycles. The highest BCUT2D eigenvalue weighted by Crippen LogP contribution is 2.31. The number of rotatable bonds is 4. The molecular weight excluding hydrogens is 300 g/mol. The van der Waals surface area contributed by atoms with Crippen LogP contribution in [0.3, 0.4) is 0 Å². The molecule has 0 bridgehead atoms. The van der Waals surface area contributed by atoms with Crippen molar-refractivity contribution in [3.8, 4) is 5.75 Å². The van der Waals surface area contributed by atoms with E-state index in [4.69, 9.17) is 4.74 Å². The second-order valence-electron chi connectivity index (χ2n) is 6.83. The van der Waals surface area contributed by atoms with Crippen molar-refractivity contribution < 1.29 is 9.53 Å². The Hall–Kier alpha value is -1.97. The summed E-state index contributed by atoms with van der Waals surface area (Å²) in [4.78, 5) is 15.2. The highest BCUT2D eigenvalue weighted by atomic mass is 16.5. The van der Waals surface area contributed by atoms with E-state index in [-0.39, 0.29) is 5.91 Å². The van der Waals surface area contributed by atoms with E-state index in [1.807, 2.05) is 17.9 Å². The number of amides is 1. The van der Waals surface area contributed by atoms with Gasteiger partial charge in [0.1, 0.15) is 11.4 Å². The molecule has 1 unspecified atom stereocenters. The van der Waals surface area contributed by atoms with Crippen LogP contribution in [0.5, 0.6) is 5.75 Å². The number of fused-ring (bicyclic) bond motifs is 1. The van der Waals surface area contributed by atoms with Crippen molar-refractivity contribution in [2.24, 2.45) is 5.92 Å². The van der Waals surface area contributed by atoms with Gasteiger partial charge in [0.2, 0.25) is 0 Å². The van der Waals surface area contributed by atoms with Crippen LogP contribution in [0, 0.1) is 12.8 Å². The van der Waals surface area contributed by atoms with Crippen molar-refractivity contribution >= 4 is 16.8 Å². The Labute approximate surface area is 144 Å². The van der Waals surface area contributed by atoms with Crippen molar-refractivity contribution in [1.29, 1.82) is 0 Å². The fourth-order valence-corrected chi connectivity index (χ4v) is 3.89. The fraction of sp³-hybridized carbons (Fsp3) is 0.550. The molecule has 1 amide bonds. The third-order valence-corrected chi connectivity index (χ3v) is 5.06. The Morgan fingerprint density at radius 1 is 1.33 bits per heavy atom. The second kappa shape index (κ2) is 6.88. The van der Waals surface area contributed by atoms with E-state index >= 15 is 0 Å². The monoisotopic (exact) mass is 328 g/mol. The molecule has 4 heteroatoms. The normalized spacial score (nSPS) is 18.2. The SMILES string of the molecule is CCOc1ccc2c(c1)c(C)c(C(=O)N1CCCC(C)C1)n2CC. The van der Waals surface area contributed by atoms with Gasteiger partial charge in [-0.15, -0.1) is 0 Å². The van der Waals surface area contributed by atoms with Crippen LogP contribution in [0.25, 0.3) is 10.9 Å². The lowest BCUT2D eigenvalue weighted by Gasteiger charge is -2.31. The summed E-state index contributed by atoms with van der Waals surface area (Å²) >= 11 is 0. The average Bonchev–Trinajstić information content (AvgIpc) is 2.86. The van der Waals surface area contributed by atoms with Crippen LogP contribution in [0.1, 0.15) is 49.7 Å². The van der Waals surface area contributed by atoms with Crippen molar-refractivity contribution in [3.05, 3.63) is 29.5 Å². The van der Waals surface area contributed by atoms with Gasteiger partial charge in [-0.25, -0.2) is 0 Å². The predicted molar refractivity (Wildman–Crippen MR) is 97.8 cm³/mol. The molecule has 2 aromatic rings. The quantitative estimate of drug-likeness (QED) is 0.841. The molecule has 1 aromatic carbocycles. The molecule has 130 valence electrons. The first-order valence-electron chi connectivity index (χ1n) is 9.11. The zero-order valence-corrected chi connectivity index (χ0v) is 15.3. The molecule has 1 saturated heterocycles. The molecule has 0 spiro atoms. The summed E-state index contributed by atoms with van der Waals surface area (Å²) in [7, 11) is 0. The molecule has 1 aliphatic rings. The van der Waals surface area contributed by atoms with Gasteiger partial charge in [0.25, 0.3) is 5.91 Å². The fourth-order valence-electron chi connectivity index (χ4n) is 3.89. The van der Waals surface area contributed by atoms with E-state index in [2.05, 4.69) is 37.5 Å². The first kappa shape index (κ1) is 16.9. The lowest BCUT2D eigenvalue weighted by atomic mass is 10.00. The Morgan fingerprint density at radius 3 is 2.79 bits per heavy atom.